The summed E-state index contributed by atoms with van der Waals surface area (Å²) in [6.45, 7) is 2.66. The number of fused-ring (bicyclic) bond motifs is 3. The fraction of sp³-hybridized carbons (Fsp3) is 0.294. The molecule has 1 saturated heterocycles. The van der Waals surface area contributed by atoms with Gasteiger partial charge in [0.25, 0.3) is 0 Å². The van der Waals surface area contributed by atoms with Crippen molar-refractivity contribution in [1.29, 1.82) is 0 Å². The lowest BCUT2D eigenvalue weighted by molar-refractivity contribution is 0.350. The van der Waals surface area contributed by atoms with Gasteiger partial charge in [0.2, 0.25) is 0 Å². The Balaban J connectivity index is 1.88. The summed E-state index contributed by atoms with van der Waals surface area (Å²) in [5, 5.41) is 3.70. The van der Waals surface area contributed by atoms with Crippen molar-refractivity contribution in [3.8, 4) is 0 Å². The standard InChI is InChI=1S/C17H16ClFN2/c18-14-8-12-10-17(13-4-2-1-3-5-13)11-20-6-7-21(17)16(12)9-15(14)19/h1-5,8-9,20H,6-7,10-11H2/t17-/m1/s1. The fourth-order valence-electron chi connectivity index (χ4n) is 3.70. The van der Waals surface area contributed by atoms with Gasteiger partial charge in [-0.15, -0.1) is 0 Å². The maximum Gasteiger partial charge on any atom is 0.143 e. The zero-order valence-electron chi connectivity index (χ0n) is 11.6. The van der Waals surface area contributed by atoms with Crippen LogP contribution in [0, 0.1) is 5.82 Å². The molecule has 1 N–H and O–H groups in total. The van der Waals surface area contributed by atoms with Gasteiger partial charge in [0, 0.05) is 31.7 Å². The summed E-state index contributed by atoms with van der Waals surface area (Å²) < 4.78 is 13.9. The minimum atomic E-state index is -0.335. The van der Waals surface area contributed by atoms with Crippen LogP contribution in [0.2, 0.25) is 5.02 Å². The number of hydrogen-bond acceptors (Lipinski definition) is 2. The number of nitrogens with zero attached hydrogens (tertiary/aromatic N) is 1. The lowest BCUT2D eigenvalue weighted by atomic mass is 9.84. The zero-order valence-corrected chi connectivity index (χ0v) is 12.3. The van der Waals surface area contributed by atoms with Gasteiger partial charge in [0.15, 0.2) is 0 Å². The highest BCUT2D eigenvalue weighted by atomic mass is 35.5. The van der Waals surface area contributed by atoms with Crippen LogP contribution in [-0.2, 0) is 12.0 Å². The van der Waals surface area contributed by atoms with Crippen molar-refractivity contribution in [2.45, 2.75) is 12.0 Å². The third kappa shape index (κ3) is 1.88. The monoisotopic (exact) mass is 302 g/mol. The lowest BCUT2D eigenvalue weighted by Crippen LogP contribution is -2.57. The number of halogens is 2. The Morgan fingerprint density at radius 2 is 2.00 bits per heavy atom. The molecular weight excluding hydrogens is 287 g/mol. The minimum absolute atomic E-state index is 0.126. The molecule has 2 nitrogen and oxygen atoms in total. The molecule has 1 atom stereocenters. The Bertz CT molecular complexity index is 689. The van der Waals surface area contributed by atoms with Crippen LogP contribution >= 0.6 is 11.6 Å². The maximum absolute atomic E-state index is 13.9. The molecule has 0 saturated carbocycles. The highest BCUT2D eigenvalue weighted by Crippen LogP contribution is 2.46. The Morgan fingerprint density at radius 1 is 1.19 bits per heavy atom. The van der Waals surface area contributed by atoms with Crippen molar-refractivity contribution < 1.29 is 4.39 Å². The molecule has 0 aromatic heterocycles. The van der Waals surface area contributed by atoms with E-state index in [-0.39, 0.29) is 16.4 Å². The van der Waals surface area contributed by atoms with Crippen molar-refractivity contribution in [2.75, 3.05) is 24.5 Å². The minimum Gasteiger partial charge on any atom is -0.359 e. The number of anilines is 1. The van der Waals surface area contributed by atoms with Crippen LogP contribution in [0.25, 0.3) is 0 Å². The van der Waals surface area contributed by atoms with Crippen molar-refractivity contribution in [2.24, 2.45) is 0 Å². The second-order valence-corrected chi connectivity index (χ2v) is 6.21. The van der Waals surface area contributed by atoms with E-state index in [4.69, 9.17) is 11.6 Å². The van der Waals surface area contributed by atoms with Gasteiger partial charge in [-0.3, -0.25) is 0 Å². The fourth-order valence-corrected chi connectivity index (χ4v) is 3.88. The number of rotatable bonds is 1. The summed E-state index contributed by atoms with van der Waals surface area (Å²) in [6, 6.07) is 13.8. The van der Waals surface area contributed by atoms with E-state index in [9.17, 15) is 4.39 Å². The van der Waals surface area contributed by atoms with Crippen molar-refractivity contribution in [3.63, 3.8) is 0 Å². The van der Waals surface area contributed by atoms with Gasteiger partial charge in [0.05, 0.1) is 10.6 Å². The molecule has 2 aromatic rings. The summed E-state index contributed by atoms with van der Waals surface area (Å²) in [6.07, 6.45) is 0.860. The van der Waals surface area contributed by atoms with Crippen molar-refractivity contribution in [1.82, 2.24) is 5.32 Å². The molecule has 4 rings (SSSR count). The molecule has 0 amide bonds. The summed E-state index contributed by atoms with van der Waals surface area (Å²) in [5.41, 5.74) is 3.26. The van der Waals surface area contributed by atoms with Crippen LogP contribution < -0.4 is 10.2 Å². The van der Waals surface area contributed by atoms with Crippen molar-refractivity contribution in [3.05, 3.63) is 64.4 Å². The third-order valence-electron chi connectivity index (χ3n) is 4.65. The van der Waals surface area contributed by atoms with Crippen LogP contribution in [0.1, 0.15) is 11.1 Å². The Kier molecular flexibility index (Phi) is 2.95. The average Bonchev–Trinajstić information content (AvgIpc) is 2.83. The topological polar surface area (TPSA) is 15.3 Å². The van der Waals surface area contributed by atoms with Crippen molar-refractivity contribution >= 4 is 17.3 Å². The highest BCUT2D eigenvalue weighted by Gasteiger charge is 2.46. The first-order valence-electron chi connectivity index (χ1n) is 7.22. The molecule has 21 heavy (non-hydrogen) atoms. The van der Waals surface area contributed by atoms with Crippen LogP contribution in [-0.4, -0.2) is 19.6 Å². The molecule has 2 heterocycles. The Labute approximate surface area is 128 Å². The van der Waals surface area contributed by atoms with Crippen LogP contribution in [0.5, 0.6) is 0 Å². The lowest BCUT2D eigenvalue weighted by Gasteiger charge is -2.45. The van der Waals surface area contributed by atoms with Gasteiger partial charge < -0.3 is 10.2 Å². The first kappa shape index (κ1) is 13.1. The van der Waals surface area contributed by atoms with Gasteiger partial charge in [-0.1, -0.05) is 41.9 Å². The Hall–Kier alpha value is -1.58. The van der Waals surface area contributed by atoms with E-state index < -0.39 is 0 Å². The Morgan fingerprint density at radius 3 is 2.81 bits per heavy atom. The molecule has 0 bridgehead atoms. The van der Waals surface area contributed by atoms with Gasteiger partial charge in [-0.25, -0.2) is 4.39 Å². The number of hydrogen-bond donors (Lipinski definition) is 1. The van der Waals surface area contributed by atoms with Crippen LogP contribution in [0.15, 0.2) is 42.5 Å². The van der Waals surface area contributed by atoms with Gasteiger partial charge in [-0.2, -0.15) is 0 Å². The van der Waals surface area contributed by atoms with E-state index in [2.05, 4.69) is 34.5 Å². The van der Waals surface area contributed by atoms with E-state index >= 15 is 0 Å². The summed E-state index contributed by atoms with van der Waals surface area (Å²) in [5.74, 6) is -0.335. The molecule has 2 aliphatic heterocycles. The largest absolute Gasteiger partial charge is 0.359 e. The molecular formula is C17H16ClFN2. The number of piperazine rings is 1. The SMILES string of the molecule is Fc1cc2c(cc1Cl)C[C@]1(c3ccccc3)CNCCN21. The molecule has 0 unspecified atom stereocenters. The molecule has 2 aromatic carbocycles. The smallest absolute Gasteiger partial charge is 0.143 e. The van der Waals surface area contributed by atoms with E-state index in [1.54, 1.807) is 12.1 Å². The normalized spacial score (nSPS) is 23.8. The molecule has 0 radical (unpaired) electrons. The summed E-state index contributed by atoms with van der Waals surface area (Å²) in [4.78, 5) is 2.34. The van der Waals surface area contributed by atoms with E-state index in [0.29, 0.717) is 0 Å². The predicted molar refractivity (Wildman–Crippen MR) is 83.4 cm³/mol. The predicted octanol–water partition coefficient (Wildman–Crippen LogP) is 3.34. The van der Waals surface area contributed by atoms with Crippen LogP contribution in [0.4, 0.5) is 10.1 Å². The molecule has 2 aliphatic rings. The second kappa shape index (κ2) is 4.72. The molecule has 4 heteroatoms. The highest BCUT2D eigenvalue weighted by molar-refractivity contribution is 6.30. The number of benzene rings is 2. The molecule has 0 spiro atoms. The quantitative estimate of drug-likeness (QED) is 0.869. The van der Waals surface area contributed by atoms with E-state index in [1.165, 1.54) is 5.56 Å². The maximum atomic E-state index is 13.9. The first-order chi connectivity index (χ1) is 10.2. The van der Waals surface area contributed by atoms with Crippen LogP contribution in [0.3, 0.4) is 0 Å². The molecule has 108 valence electrons. The third-order valence-corrected chi connectivity index (χ3v) is 4.94. The average molecular weight is 303 g/mol. The van der Waals surface area contributed by atoms with Gasteiger partial charge in [-0.05, 0) is 23.3 Å². The zero-order chi connectivity index (χ0) is 14.4. The summed E-state index contributed by atoms with van der Waals surface area (Å²) in [7, 11) is 0. The first-order valence-corrected chi connectivity index (χ1v) is 7.60. The number of nitrogens with one attached hydrogen (secondary N) is 1. The molecule has 0 aliphatic carbocycles. The molecule has 1 fully saturated rings. The van der Waals surface area contributed by atoms with E-state index in [0.717, 1.165) is 37.3 Å². The second-order valence-electron chi connectivity index (χ2n) is 5.80. The van der Waals surface area contributed by atoms with Gasteiger partial charge >= 0.3 is 0 Å². The summed E-state index contributed by atoms with van der Waals surface area (Å²) >= 11 is 5.97. The van der Waals surface area contributed by atoms with Gasteiger partial charge in [0.1, 0.15) is 5.82 Å². The van der Waals surface area contributed by atoms with E-state index in [1.807, 2.05) is 6.07 Å².